The Morgan fingerprint density at radius 2 is 1.68 bits per heavy atom. The Hall–Kier alpha value is -3.11. The van der Waals surface area contributed by atoms with Gasteiger partial charge in [-0.1, -0.05) is 41.9 Å². The smallest absolute Gasteiger partial charge is 0.266 e. The summed E-state index contributed by atoms with van der Waals surface area (Å²) in [5, 5.41) is 1.49. The van der Waals surface area contributed by atoms with Crippen LogP contribution in [0.25, 0.3) is 27.8 Å². The van der Waals surface area contributed by atoms with E-state index in [0.717, 1.165) is 22.2 Å². The molecule has 0 radical (unpaired) electrons. The molecular weight excluding hydrogens is 334 g/mol. The standard InChI is InChI=1S/C20H14ClN3O/c21-14-8-10-15(11-9-14)24-18(19(22)25)17(13-5-2-1-3-6-13)16-7-4-12-23-20(16)24/h1-12H,(H2,22,25). The molecule has 0 fully saturated rings. The third-order valence-electron chi connectivity index (χ3n) is 4.11. The molecule has 2 N–H and O–H groups in total. The minimum atomic E-state index is -0.508. The number of benzene rings is 2. The monoisotopic (exact) mass is 347 g/mol. The van der Waals surface area contributed by atoms with Crippen LogP contribution < -0.4 is 5.73 Å². The molecule has 122 valence electrons. The van der Waals surface area contributed by atoms with E-state index in [9.17, 15) is 4.79 Å². The van der Waals surface area contributed by atoms with Crippen LogP contribution in [0.3, 0.4) is 0 Å². The Morgan fingerprint density at radius 3 is 2.36 bits per heavy atom. The molecule has 5 heteroatoms. The van der Waals surface area contributed by atoms with Gasteiger partial charge in [-0.25, -0.2) is 4.98 Å². The Kier molecular flexibility index (Phi) is 3.75. The molecule has 0 aliphatic heterocycles. The van der Waals surface area contributed by atoms with Crippen LogP contribution in [-0.4, -0.2) is 15.5 Å². The van der Waals surface area contributed by atoms with Gasteiger partial charge < -0.3 is 5.73 Å². The van der Waals surface area contributed by atoms with Crippen LogP contribution in [0.2, 0.25) is 5.02 Å². The predicted molar refractivity (Wildman–Crippen MR) is 100 cm³/mol. The molecule has 0 spiro atoms. The molecule has 0 aliphatic rings. The van der Waals surface area contributed by atoms with Crippen LogP contribution in [0.15, 0.2) is 72.9 Å². The Morgan fingerprint density at radius 1 is 0.960 bits per heavy atom. The van der Waals surface area contributed by atoms with E-state index in [1.807, 2.05) is 54.6 Å². The zero-order valence-corrected chi connectivity index (χ0v) is 13.9. The average Bonchev–Trinajstić information content (AvgIpc) is 2.99. The number of nitrogens with zero attached hydrogens (tertiary/aromatic N) is 2. The molecule has 1 amide bonds. The van der Waals surface area contributed by atoms with Crippen molar-refractivity contribution in [1.29, 1.82) is 0 Å². The number of carbonyl (C=O) groups excluding carboxylic acids is 1. The van der Waals surface area contributed by atoms with E-state index in [0.29, 0.717) is 16.4 Å². The second-order valence-corrected chi connectivity index (χ2v) is 6.08. The lowest BCUT2D eigenvalue weighted by atomic mass is 10.0. The Bertz CT molecular complexity index is 1070. The maximum Gasteiger partial charge on any atom is 0.266 e. The summed E-state index contributed by atoms with van der Waals surface area (Å²) in [6.45, 7) is 0. The number of fused-ring (bicyclic) bond motifs is 1. The van der Waals surface area contributed by atoms with E-state index in [-0.39, 0.29) is 0 Å². The number of hydrogen-bond donors (Lipinski definition) is 1. The summed E-state index contributed by atoms with van der Waals surface area (Å²) < 4.78 is 1.79. The summed E-state index contributed by atoms with van der Waals surface area (Å²) in [6, 6.07) is 20.8. The third kappa shape index (κ3) is 2.57. The zero-order valence-electron chi connectivity index (χ0n) is 13.2. The van der Waals surface area contributed by atoms with Gasteiger partial charge in [0.05, 0.1) is 0 Å². The van der Waals surface area contributed by atoms with Gasteiger partial charge in [-0.3, -0.25) is 9.36 Å². The highest BCUT2D eigenvalue weighted by molar-refractivity contribution is 6.30. The molecule has 4 aromatic rings. The van der Waals surface area contributed by atoms with Gasteiger partial charge in [0.2, 0.25) is 0 Å². The molecule has 2 heterocycles. The molecule has 0 unspecified atom stereocenters. The van der Waals surface area contributed by atoms with Crippen molar-refractivity contribution in [1.82, 2.24) is 9.55 Å². The van der Waals surface area contributed by atoms with Crippen LogP contribution in [0, 0.1) is 0 Å². The highest BCUT2D eigenvalue weighted by atomic mass is 35.5. The van der Waals surface area contributed by atoms with Crippen LogP contribution in [0.5, 0.6) is 0 Å². The maximum absolute atomic E-state index is 12.4. The SMILES string of the molecule is NC(=O)c1c(-c2ccccc2)c2cccnc2n1-c1ccc(Cl)cc1. The summed E-state index contributed by atoms with van der Waals surface area (Å²) in [4.78, 5) is 16.9. The second kappa shape index (κ2) is 6.07. The number of primary amides is 1. The molecule has 4 rings (SSSR count). The Balaban J connectivity index is 2.14. The fourth-order valence-corrected chi connectivity index (χ4v) is 3.21. The van der Waals surface area contributed by atoms with Crippen molar-refractivity contribution in [2.24, 2.45) is 5.73 Å². The van der Waals surface area contributed by atoms with E-state index in [4.69, 9.17) is 17.3 Å². The normalized spacial score (nSPS) is 10.9. The largest absolute Gasteiger partial charge is 0.364 e. The summed E-state index contributed by atoms with van der Waals surface area (Å²) in [5.41, 5.74) is 9.34. The minimum Gasteiger partial charge on any atom is -0.364 e. The number of aromatic nitrogens is 2. The van der Waals surface area contributed by atoms with Gasteiger partial charge in [-0.15, -0.1) is 0 Å². The first-order chi connectivity index (χ1) is 12.2. The van der Waals surface area contributed by atoms with Gasteiger partial charge in [0.1, 0.15) is 11.3 Å². The lowest BCUT2D eigenvalue weighted by Crippen LogP contribution is -2.17. The topological polar surface area (TPSA) is 60.9 Å². The number of hydrogen-bond acceptors (Lipinski definition) is 2. The van der Waals surface area contributed by atoms with Crippen molar-refractivity contribution in [3.8, 4) is 16.8 Å². The van der Waals surface area contributed by atoms with Gasteiger partial charge in [0.25, 0.3) is 5.91 Å². The van der Waals surface area contributed by atoms with Crippen LogP contribution >= 0.6 is 11.6 Å². The summed E-state index contributed by atoms with van der Waals surface area (Å²) >= 11 is 6.00. The third-order valence-corrected chi connectivity index (χ3v) is 4.36. The maximum atomic E-state index is 12.4. The molecule has 0 saturated heterocycles. The van der Waals surface area contributed by atoms with Crippen LogP contribution in [0.1, 0.15) is 10.5 Å². The number of halogens is 1. The van der Waals surface area contributed by atoms with Crippen LogP contribution in [-0.2, 0) is 0 Å². The molecule has 0 aliphatic carbocycles. The highest BCUT2D eigenvalue weighted by Crippen LogP contribution is 2.36. The fraction of sp³-hybridized carbons (Fsp3) is 0. The molecule has 4 nitrogen and oxygen atoms in total. The second-order valence-electron chi connectivity index (χ2n) is 5.64. The molecule has 2 aromatic carbocycles. The van der Waals surface area contributed by atoms with Crippen molar-refractivity contribution < 1.29 is 4.79 Å². The molecule has 25 heavy (non-hydrogen) atoms. The van der Waals surface area contributed by atoms with Crippen LogP contribution in [0.4, 0.5) is 0 Å². The number of carbonyl (C=O) groups is 1. The number of nitrogens with two attached hydrogens (primary N) is 1. The van der Waals surface area contributed by atoms with Gasteiger partial charge in [0, 0.05) is 27.9 Å². The predicted octanol–water partition coefficient (Wildman–Crippen LogP) is 4.44. The summed E-state index contributed by atoms with van der Waals surface area (Å²) in [6.07, 6.45) is 1.70. The van der Waals surface area contributed by atoms with Gasteiger partial charge in [-0.2, -0.15) is 0 Å². The summed E-state index contributed by atoms with van der Waals surface area (Å²) in [5.74, 6) is -0.508. The van der Waals surface area contributed by atoms with Crippen molar-refractivity contribution in [2.75, 3.05) is 0 Å². The molecule has 2 aromatic heterocycles. The highest BCUT2D eigenvalue weighted by Gasteiger charge is 2.23. The minimum absolute atomic E-state index is 0.405. The van der Waals surface area contributed by atoms with E-state index < -0.39 is 5.91 Å². The van der Waals surface area contributed by atoms with Crippen molar-refractivity contribution in [2.45, 2.75) is 0 Å². The first kappa shape index (κ1) is 15.4. The van der Waals surface area contributed by atoms with E-state index in [1.54, 1.807) is 22.9 Å². The van der Waals surface area contributed by atoms with Gasteiger partial charge in [0.15, 0.2) is 0 Å². The molecular formula is C20H14ClN3O. The molecule has 0 bridgehead atoms. The molecule has 0 atom stereocenters. The van der Waals surface area contributed by atoms with E-state index >= 15 is 0 Å². The average molecular weight is 348 g/mol. The van der Waals surface area contributed by atoms with Gasteiger partial charge >= 0.3 is 0 Å². The summed E-state index contributed by atoms with van der Waals surface area (Å²) in [7, 11) is 0. The lowest BCUT2D eigenvalue weighted by Gasteiger charge is -2.09. The lowest BCUT2D eigenvalue weighted by molar-refractivity contribution is 0.0995. The Labute approximate surface area is 149 Å². The first-order valence-corrected chi connectivity index (χ1v) is 8.15. The first-order valence-electron chi connectivity index (χ1n) is 7.77. The number of pyridine rings is 1. The number of amides is 1. The molecule has 0 saturated carbocycles. The van der Waals surface area contributed by atoms with Gasteiger partial charge in [-0.05, 0) is 42.0 Å². The fourth-order valence-electron chi connectivity index (χ4n) is 3.09. The van der Waals surface area contributed by atoms with Crippen molar-refractivity contribution in [3.63, 3.8) is 0 Å². The van der Waals surface area contributed by atoms with Crippen molar-refractivity contribution in [3.05, 3.63) is 83.6 Å². The van der Waals surface area contributed by atoms with E-state index in [1.165, 1.54) is 0 Å². The number of rotatable bonds is 3. The van der Waals surface area contributed by atoms with E-state index in [2.05, 4.69) is 4.98 Å². The zero-order chi connectivity index (χ0) is 17.4. The van der Waals surface area contributed by atoms with Crippen molar-refractivity contribution >= 4 is 28.5 Å². The quantitative estimate of drug-likeness (QED) is 0.595.